The fourth-order valence-corrected chi connectivity index (χ4v) is 2.48. The quantitative estimate of drug-likeness (QED) is 0.808. The molecule has 0 saturated heterocycles. The molecule has 2 heterocycles. The molecule has 1 aliphatic heterocycles. The van der Waals surface area contributed by atoms with Gasteiger partial charge in [0.15, 0.2) is 11.5 Å². The van der Waals surface area contributed by atoms with Crippen molar-refractivity contribution in [1.82, 2.24) is 15.1 Å². The largest absolute Gasteiger partial charge is 0.486 e. The number of nitrogens with zero attached hydrogens (tertiary/aromatic N) is 2. The summed E-state index contributed by atoms with van der Waals surface area (Å²) in [5.74, 6) is 1.61. The molecule has 2 aliphatic rings. The molecule has 1 N–H and O–H groups in total. The van der Waals surface area contributed by atoms with Crippen LogP contribution in [-0.2, 0) is 16.0 Å². The smallest absolute Gasteiger partial charge is 0.266 e. The van der Waals surface area contributed by atoms with Crippen LogP contribution in [0.4, 0.5) is 0 Å². The van der Waals surface area contributed by atoms with Crippen LogP contribution in [0.1, 0.15) is 14.3 Å². The highest BCUT2D eigenvalue weighted by Gasteiger charge is 2.21. The molecule has 1 aromatic heterocycles. The van der Waals surface area contributed by atoms with Crippen LogP contribution in [-0.4, -0.2) is 35.6 Å². The van der Waals surface area contributed by atoms with Crippen LogP contribution >= 0.6 is 0 Å². The third-order valence-corrected chi connectivity index (χ3v) is 3.65. The number of allylic oxidation sites excluding steroid dienone is 4. The van der Waals surface area contributed by atoms with Gasteiger partial charge in [-0.05, 0) is 37.6 Å². The third-order valence-electron chi connectivity index (χ3n) is 3.65. The molecule has 6 heteroatoms. The number of aryl methyl sites for hydroxylation is 1. The van der Waals surface area contributed by atoms with Crippen LogP contribution in [0, 0.1) is 0 Å². The number of aromatic nitrogens is 2. The van der Waals surface area contributed by atoms with Gasteiger partial charge in [-0.25, -0.2) is 4.68 Å². The zero-order valence-corrected chi connectivity index (χ0v) is 13.0. The van der Waals surface area contributed by atoms with Gasteiger partial charge >= 0.3 is 0 Å². The van der Waals surface area contributed by atoms with E-state index in [9.17, 15) is 4.79 Å². The molecule has 1 aliphatic carbocycles. The van der Waals surface area contributed by atoms with E-state index in [-0.39, 0.29) is 13.1 Å². The Balaban J connectivity index is 0.00000208. The summed E-state index contributed by atoms with van der Waals surface area (Å²) in [5.41, 5.74) is -0.0656. The molecule has 6 nitrogen and oxygen atoms in total. The minimum atomic E-state index is -0.0656. The Bertz CT molecular complexity index is 682. The molecule has 1 aromatic rings. The predicted molar refractivity (Wildman–Crippen MR) is 88.8 cm³/mol. The van der Waals surface area contributed by atoms with E-state index in [0.717, 1.165) is 30.9 Å². The van der Waals surface area contributed by atoms with Gasteiger partial charge in [-0.1, -0.05) is 12.2 Å². The van der Waals surface area contributed by atoms with Crippen molar-refractivity contribution in [3.8, 4) is 0 Å². The van der Waals surface area contributed by atoms with Crippen molar-refractivity contribution in [2.75, 3.05) is 19.7 Å². The monoisotopic (exact) mass is 317 g/mol. The lowest BCUT2D eigenvalue weighted by atomic mass is 10.3. The number of ether oxygens (including phenoxy) is 2. The van der Waals surface area contributed by atoms with Crippen molar-refractivity contribution in [3.63, 3.8) is 0 Å². The number of nitrogens with one attached hydrogen (secondary N) is 1. The molecule has 1 atom stereocenters. The Morgan fingerprint density at radius 3 is 3.09 bits per heavy atom. The van der Waals surface area contributed by atoms with Crippen molar-refractivity contribution in [2.45, 2.75) is 25.5 Å². The van der Waals surface area contributed by atoms with Gasteiger partial charge in [0.25, 0.3) is 5.56 Å². The van der Waals surface area contributed by atoms with Gasteiger partial charge in [0.1, 0.15) is 12.7 Å². The van der Waals surface area contributed by atoms with Gasteiger partial charge in [-0.3, -0.25) is 4.79 Å². The second-order valence-corrected chi connectivity index (χ2v) is 5.46. The number of hydrogen-bond acceptors (Lipinski definition) is 5. The highest BCUT2D eigenvalue weighted by Crippen LogP contribution is 2.22. The summed E-state index contributed by atoms with van der Waals surface area (Å²) >= 11 is 0. The van der Waals surface area contributed by atoms with Gasteiger partial charge in [-0.2, -0.15) is 5.10 Å². The first kappa shape index (κ1) is 15.6. The summed E-state index contributed by atoms with van der Waals surface area (Å²) < 4.78 is 13.2. The van der Waals surface area contributed by atoms with Crippen molar-refractivity contribution in [2.24, 2.45) is 0 Å². The van der Waals surface area contributed by atoms with E-state index in [0.29, 0.717) is 19.7 Å². The molecule has 0 fully saturated rings. The molecule has 23 heavy (non-hydrogen) atoms. The van der Waals surface area contributed by atoms with Gasteiger partial charge in [0, 0.05) is 26.8 Å². The van der Waals surface area contributed by atoms with E-state index in [1.807, 2.05) is 12.2 Å². The lowest BCUT2D eigenvalue weighted by Crippen LogP contribution is -2.36. The summed E-state index contributed by atoms with van der Waals surface area (Å²) in [6, 6.07) is 3.17. The van der Waals surface area contributed by atoms with Crippen LogP contribution in [0.15, 0.2) is 58.9 Å². The fourth-order valence-electron chi connectivity index (χ4n) is 2.48. The molecule has 3 rings (SSSR count). The fraction of sp³-hybridized carbons (Fsp3) is 0.412. The van der Waals surface area contributed by atoms with Gasteiger partial charge in [-0.15, -0.1) is 0 Å². The SMILES string of the molecule is O=c1cccnn1CCCNC[C@@H]1COC2=C(C=CCC=C2)O1.[HH]. The Hall–Kier alpha value is -2.34. The van der Waals surface area contributed by atoms with E-state index in [1.165, 1.54) is 10.7 Å². The topological polar surface area (TPSA) is 65.4 Å². The lowest BCUT2D eigenvalue weighted by Gasteiger charge is -2.26. The molecular weight excluding hydrogens is 294 g/mol. The van der Waals surface area contributed by atoms with E-state index >= 15 is 0 Å². The maximum absolute atomic E-state index is 11.5. The average molecular weight is 317 g/mol. The number of rotatable bonds is 6. The minimum Gasteiger partial charge on any atom is -0.486 e. The number of hydrogen-bond donors (Lipinski definition) is 1. The molecule has 0 aromatic carbocycles. The molecule has 0 bridgehead atoms. The van der Waals surface area contributed by atoms with Gasteiger partial charge < -0.3 is 14.8 Å². The van der Waals surface area contributed by atoms with Crippen LogP contribution in [0.5, 0.6) is 0 Å². The predicted octanol–water partition coefficient (Wildman–Crippen LogP) is 1.61. The Morgan fingerprint density at radius 1 is 1.35 bits per heavy atom. The molecule has 0 unspecified atom stereocenters. The standard InChI is InChI=1S/C17H21N3O3.H2/c21-17-8-4-10-19-20(17)11-5-9-18-12-14-13-22-15-6-2-1-3-7-16(15)23-14;/h2-4,6-8,10,14,18H,1,5,9,11-13H2;1H/t14-;/m1./s1. The summed E-state index contributed by atoms with van der Waals surface area (Å²) in [5, 5.41) is 7.37. The van der Waals surface area contributed by atoms with Crippen molar-refractivity contribution in [1.29, 1.82) is 0 Å². The van der Waals surface area contributed by atoms with Crippen LogP contribution < -0.4 is 10.9 Å². The van der Waals surface area contributed by atoms with Crippen molar-refractivity contribution < 1.29 is 10.9 Å². The van der Waals surface area contributed by atoms with E-state index in [2.05, 4.69) is 22.6 Å². The van der Waals surface area contributed by atoms with Crippen LogP contribution in [0.2, 0.25) is 0 Å². The summed E-state index contributed by atoms with van der Waals surface area (Å²) in [4.78, 5) is 11.5. The molecule has 0 spiro atoms. The summed E-state index contributed by atoms with van der Waals surface area (Å²) in [7, 11) is 0. The van der Waals surface area contributed by atoms with Crippen molar-refractivity contribution >= 4 is 0 Å². The molecule has 0 saturated carbocycles. The highest BCUT2D eigenvalue weighted by atomic mass is 16.6. The van der Waals surface area contributed by atoms with E-state index in [4.69, 9.17) is 9.47 Å². The first-order valence-electron chi connectivity index (χ1n) is 7.92. The lowest BCUT2D eigenvalue weighted by molar-refractivity contribution is 0.00893. The maximum atomic E-state index is 11.5. The second kappa shape index (κ2) is 7.78. The van der Waals surface area contributed by atoms with Crippen molar-refractivity contribution in [3.05, 3.63) is 64.5 Å². The second-order valence-electron chi connectivity index (χ2n) is 5.46. The Kier molecular flexibility index (Phi) is 5.26. The molecular formula is C17H23N3O3. The van der Waals surface area contributed by atoms with Gasteiger partial charge in [0.05, 0.1) is 0 Å². The molecule has 0 radical (unpaired) electrons. The zero-order valence-electron chi connectivity index (χ0n) is 13.0. The molecule has 124 valence electrons. The minimum absolute atomic E-state index is 0. The molecule has 0 amide bonds. The van der Waals surface area contributed by atoms with Crippen LogP contribution in [0.3, 0.4) is 0 Å². The zero-order chi connectivity index (χ0) is 15.9. The first-order valence-corrected chi connectivity index (χ1v) is 7.92. The van der Waals surface area contributed by atoms with Gasteiger partial charge in [0.2, 0.25) is 0 Å². The normalized spacial score (nSPS) is 19.7. The third kappa shape index (κ3) is 4.32. The van der Waals surface area contributed by atoms with E-state index < -0.39 is 0 Å². The first-order chi connectivity index (χ1) is 11.3. The van der Waals surface area contributed by atoms with E-state index in [1.54, 1.807) is 12.3 Å². The summed E-state index contributed by atoms with van der Waals surface area (Å²) in [6.07, 6.45) is 11.4. The Morgan fingerprint density at radius 2 is 2.22 bits per heavy atom. The van der Waals surface area contributed by atoms with Crippen LogP contribution in [0.25, 0.3) is 0 Å². The maximum Gasteiger partial charge on any atom is 0.266 e. The summed E-state index contributed by atoms with van der Waals surface area (Å²) in [6.45, 7) is 2.66. The Labute approximate surface area is 136 Å². The average Bonchev–Trinajstić information content (AvgIpc) is 2.81. The highest BCUT2D eigenvalue weighted by molar-refractivity contribution is 5.29.